The first-order chi connectivity index (χ1) is 10.8. The van der Waals surface area contributed by atoms with Crippen LogP contribution in [-0.2, 0) is 6.42 Å². The summed E-state index contributed by atoms with van der Waals surface area (Å²) in [5, 5.41) is 1.19. The third-order valence-electron chi connectivity index (χ3n) is 4.37. The third-order valence-corrected chi connectivity index (χ3v) is 4.37. The van der Waals surface area contributed by atoms with Crippen LogP contribution in [0.3, 0.4) is 0 Å². The quantitative estimate of drug-likeness (QED) is 0.789. The van der Waals surface area contributed by atoms with E-state index in [0.717, 1.165) is 36.2 Å². The zero-order valence-corrected chi connectivity index (χ0v) is 12.5. The van der Waals surface area contributed by atoms with Crippen molar-refractivity contribution < 1.29 is 4.74 Å². The maximum Gasteiger partial charge on any atom is 0.234 e. The van der Waals surface area contributed by atoms with E-state index in [0.29, 0.717) is 5.95 Å². The van der Waals surface area contributed by atoms with E-state index >= 15 is 0 Å². The molecule has 0 bridgehead atoms. The van der Waals surface area contributed by atoms with E-state index in [9.17, 15) is 0 Å². The molecular formula is C17H18N4O. The van der Waals surface area contributed by atoms with Crippen molar-refractivity contribution >= 4 is 10.9 Å². The van der Waals surface area contributed by atoms with Crippen molar-refractivity contribution in [2.24, 2.45) is 5.73 Å². The van der Waals surface area contributed by atoms with Gasteiger partial charge in [-0.2, -0.15) is 0 Å². The van der Waals surface area contributed by atoms with Crippen molar-refractivity contribution in [3.8, 4) is 11.7 Å². The minimum absolute atomic E-state index is 0.0194. The first kappa shape index (κ1) is 13.3. The monoisotopic (exact) mass is 294 g/mol. The van der Waals surface area contributed by atoms with Gasteiger partial charge in [0.05, 0.1) is 12.6 Å². The summed E-state index contributed by atoms with van der Waals surface area (Å²) in [5.74, 6) is 1.54. The number of nitrogens with zero attached hydrogens (tertiary/aromatic N) is 3. The van der Waals surface area contributed by atoms with Crippen LogP contribution in [0.2, 0.25) is 0 Å². The first-order valence-corrected chi connectivity index (χ1v) is 7.54. The average Bonchev–Trinajstić information content (AvgIpc) is 2.91. The zero-order valence-electron chi connectivity index (χ0n) is 12.5. The Kier molecular flexibility index (Phi) is 3.08. The Balaban J connectivity index is 2.08. The average molecular weight is 294 g/mol. The predicted octanol–water partition coefficient (Wildman–Crippen LogP) is 2.77. The second kappa shape index (κ2) is 5.10. The van der Waals surface area contributed by atoms with E-state index in [4.69, 9.17) is 10.5 Å². The van der Waals surface area contributed by atoms with Gasteiger partial charge in [0.15, 0.2) is 0 Å². The van der Waals surface area contributed by atoms with Gasteiger partial charge in [-0.3, -0.25) is 4.57 Å². The van der Waals surface area contributed by atoms with E-state index < -0.39 is 0 Å². The van der Waals surface area contributed by atoms with Crippen LogP contribution in [0.5, 0.6) is 5.75 Å². The molecule has 2 N–H and O–H groups in total. The minimum atomic E-state index is 0.0194. The summed E-state index contributed by atoms with van der Waals surface area (Å²) < 4.78 is 7.49. The Labute approximate surface area is 128 Å². The molecule has 0 radical (unpaired) electrons. The number of methoxy groups -OCH3 is 1. The number of rotatable bonds is 2. The largest absolute Gasteiger partial charge is 0.497 e. The molecule has 22 heavy (non-hydrogen) atoms. The molecular weight excluding hydrogens is 276 g/mol. The minimum Gasteiger partial charge on any atom is -0.497 e. The summed E-state index contributed by atoms with van der Waals surface area (Å²) in [5.41, 5.74) is 9.95. The molecule has 1 aliphatic carbocycles. The lowest BCUT2D eigenvalue weighted by Crippen LogP contribution is -2.20. The van der Waals surface area contributed by atoms with Gasteiger partial charge in [0, 0.05) is 29.5 Å². The number of nitrogens with two attached hydrogens (primary N) is 1. The molecule has 5 heteroatoms. The van der Waals surface area contributed by atoms with E-state index in [1.807, 2.05) is 12.1 Å². The summed E-state index contributed by atoms with van der Waals surface area (Å²) >= 11 is 0. The molecule has 1 aliphatic rings. The Hall–Kier alpha value is -2.40. The molecule has 0 spiro atoms. The SMILES string of the molecule is COc1ccc2c(c1)c1c(n2-c2ncccn2)C(N)CCC1. The van der Waals surface area contributed by atoms with Crippen molar-refractivity contribution in [1.82, 2.24) is 14.5 Å². The number of benzene rings is 1. The highest BCUT2D eigenvalue weighted by molar-refractivity contribution is 5.88. The van der Waals surface area contributed by atoms with Crippen LogP contribution >= 0.6 is 0 Å². The highest BCUT2D eigenvalue weighted by atomic mass is 16.5. The summed E-state index contributed by atoms with van der Waals surface area (Å²) in [7, 11) is 1.69. The Morgan fingerprint density at radius 3 is 2.86 bits per heavy atom. The number of hydrogen-bond acceptors (Lipinski definition) is 4. The van der Waals surface area contributed by atoms with Crippen LogP contribution < -0.4 is 10.5 Å². The summed E-state index contributed by atoms with van der Waals surface area (Å²) in [6.45, 7) is 0. The highest BCUT2D eigenvalue weighted by Gasteiger charge is 2.27. The second-order valence-corrected chi connectivity index (χ2v) is 5.63. The van der Waals surface area contributed by atoms with Crippen LogP contribution in [0.25, 0.3) is 16.9 Å². The van der Waals surface area contributed by atoms with Gasteiger partial charge in [-0.05, 0) is 49.1 Å². The van der Waals surface area contributed by atoms with Crippen LogP contribution in [0.1, 0.15) is 30.1 Å². The number of ether oxygens (including phenoxy) is 1. The lowest BCUT2D eigenvalue weighted by Gasteiger charge is -2.21. The van der Waals surface area contributed by atoms with E-state index in [-0.39, 0.29) is 6.04 Å². The van der Waals surface area contributed by atoms with Crippen molar-refractivity contribution in [2.75, 3.05) is 7.11 Å². The van der Waals surface area contributed by atoms with Gasteiger partial charge in [-0.15, -0.1) is 0 Å². The molecule has 0 saturated heterocycles. The van der Waals surface area contributed by atoms with Gasteiger partial charge in [-0.25, -0.2) is 9.97 Å². The zero-order chi connectivity index (χ0) is 15.1. The predicted molar refractivity (Wildman–Crippen MR) is 85.3 cm³/mol. The fourth-order valence-electron chi connectivity index (χ4n) is 3.39. The normalized spacial score (nSPS) is 17.5. The van der Waals surface area contributed by atoms with E-state index in [2.05, 4.69) is 26.7 Å². The maximum absolute atomic E-state index is 6.41. The lowest BCUT2D eigenvalue weighted by molar-refractivity contribution is 0.415. The smallest absolute Gasteiger partial charge is 0.234 e. The number of hydrogen-bond donors (Lipinski definition) is 1. The van der Waals surface area contributed by atoms with E-state index in [1.54, 1.807) is 19.5 Å². The van der Waals surface area contributed by atoms with Crippen LogP contribution in [0, 0.1) is 0 Å². The Bertz CT molecular complexity index is 826. The molecule has 2 aromatic heterocycles. The van der Waals surface area contributed by atoms with Gasteiger partial charge in [-0.1, -0.05) is 0 Å². The molecule has 0 fully saturated rings. The van der Waals surface area contributed by atoms with Gasteiger partial charge < -0.3 is 10.5 Å². The molecule has 1 aromatic carbocycles. The summed E-state index contributed by atoms with van der Waals surface area (Å²) in [4.78, 5) is 8.84. The molecule has 1 atom stereocenters. The standard InChI is InChI=1S/C17H18N4O/c1-22-11-6-7-15-13(10-11)12-4-2-5-14(18)16(12)21(15)17-19-8-3-9-20-17/h3,6-10,14H,2,4-5,18H2,1H3. The lowest BCUT2D eigenvalue weighted by atomic mass is 9.92. The van der Waals surface area contributed by atoms with Crippen molar-refractivity contribution in [2.45, 2.75) is 25.3 Å². The topological polar surface area (TPSA) is 66.0 Å². The van der Waals surface area contributed by atoms with Crippen LogP contribution in [-0.4, -0.2) is 21.6 Å². The Morgan fingerprint density at radius 2 is 2.09 bits per heavy atom. The third kappa shape index (κ3) is 1.89. The fourth-order valence-corrected chi connectivity index (χ4v) is 3.39. The Morgan fingerprint density at radius 1 is 1.27 bits per heavy atom. The molecule has 4 rings (SSSR count). The van der Waals surface area contributed by atoms with E-state index in [1.165, 1.54) is 10.9 Å². The molecule has 5 nitrogen and oxygen atoms in total. The number of fused-ring (bicyclic) bond motifs is 3. The number of aromatic nitrogens is 3. The second-order valence-electron chi connectivity index (χ2n) is 5.63. The highest BCUT2D eigenvalue weighted by Crippen LogP contribution is 2.38. The van der Waals surface area contributed by atoms with Crippen LogP contribution in [0.4, 0.5) is 0 Å². The fraction of sp³-hybridized carbons (Fsp3) is 0.294. The maximum atomic E-state index is 6.41. The van der Waals surface area contributed by atoms with Gasteiger partial charge in [0.1, 0.15) is 5.75 Å². The van der Waals surface area contributed by atoms with Crippen molar-refractivity contribution in [3.05, 3.63) is 47.9 Å². The first-order valence-electron chi connectivity index (χ1n) is 7.54. The molecule has 0 amide bonds. The molecule has 3 aromatic rings. The molecule has 0 aliphatic heterocycles. The van der Waals surface area contributed by atoms with Crippen molar-refractivity contribution in [3.63, 3.8) is 0 Å². The van der Waals surface area contributed by atoms with Gasteiger partial charge in [0.2, 0.25) is 5.95 Å². The number of aryl methyl sites for hydroxylation is 1. The molecule has 1 unspecified atom stereocenters. The molecule has 2 heterocycles. The van der Waals surface area contributed by atoms with Crippen molar-refractivity contribution in [1.29, 1.82) is 0 Å². The summed E-state index contributed by atoms with van der Waals surface area (Å²) in [6.07, 6.45) is 6.66. The summed E-state index contributed by atoms with van der Waals surface area (Å²) in [6, 6.07) is 7.97. The molecule has 112 valence electrons. The van der Waals surface area contributed by atoms with Crippen LogP contribution in [0.15, 0.2) is 36.7 Å². The van der Waals surface area contributed by atoms with Gasteiger partial charge >= 0.3 is 0 Å². The molecule has 0 saturated carbocycles. The van der Waals surface area contributed by atoms with Gasteiger partial charge in [0.25, 0.3) is 0 Å².